The van der Waals surface area contributed by atoms with Gasteiger partial charge in [0.2, 0.25) is 0 Å². The van der Waals surface area contributed by atoms with Crippen molar-refractivity contribution in [1.82, 2.24) is 5.32 Å². The highest BCUT2D eigenvalue weighted by atomic mass is 79.9. The first-order valence-electron chi connectivity index (χ1n) is 5.06. The van der Waals surface area contributed by atoms with Gasteiger partial charge in [-0.15, -0.1) is 0 Å². The van der Waals surface area contributed by atoms with E-state index in [1.54, 1.807) is 6.07 Å². The normalized spacial score (nSPS) is 19.3. The van der Waals surface area contributed by atoms with Crippen LogP contribution in [0.25, 0.3) is 0 Å². The number of nitrogens with one attached hydrogen (secondary N) is 1. The molecule has 1 atom stereocenters. The van der Waals surface area contributed by atoms with Crippen LogP contribution in [0.15, 0.2) is 22.7 Å². The Morgan fingerprint density at radius 3 is 2.88 bits per heavy atom. The third-order valence-electron chi connectivity index (χ3n) is 2.62. The average Bonchev–Trinajstić information content (AvgIpc) is 2.60. The number of halogens is 1. The molecular weight excluding hydrogens is 288 g/mol. The molecule has 0 radical (unpaired) electrons. The molecule has 5 nitrogen and oxygen atoms in total. The minimum atomic E-state index is -1.02. The van der Waals surface area contributed by atoms with Crippen LogP contribution in [0.3, 0.4) is 0 Å². The highest BCUT2D eigenvalue weighted by Crippen LogP contribution is 2.30. The van der Waals surface area contributed by atoms with Crippen LogP contribution in [0.2, 0.25) is 0 Å². The number of anilines is 1. The fourth-order valence-electron chi connectivity index (χ4n) is 1.78. The van der Waals surface area contributed by atoms with Gasteiger partial charge in [0.05, 0.1) is 12.2 Å². The topological polar surface area (TPSA) is 69.6 Å². The van der Waals surface area contributed by atoms with E-state index in [0.717, 1.165) is 5.56 Å². The zero-order chi connectivity index (χ0) is 12.6. The lowest BCUT2D eigenvalue weighted by Gasteiger charge is -2.21. The first kappa shape index (κ1) is 11.9. The van der Waals surface area contributed by atoms with Crippen molar-refractivity contribution in [3.63, 3.8) is 0 Å². The van der Waals surface area contributed by atoms with E-state index >= 15 is 0 Å². The van der Waals surface area contributed by atoms with Gasteiger partial charge in [0, 0.05) is 4.47 Å². The van der Waals surface area contributed by atoms with Crippen LogP contribution in [0, 0.1) is 6.92 Å². The third-order valence-corrected chi connectivity index (χ3v) is 3.26. The van der Waals surface area contributed by atoms with Crippen LogP contribution >= 0.6 is 15.9 Å². The summed E-state index contributed by atoms with van der Waals surface area (Å²) in [6.07, 6.45) is 0. The Hall–Kier alpha value is -1.56. The number of urea groups is 1. The number of aliphatic carboxylic acids is 1. The largest absolute Gasteiger partial charge is 0.480 e. The van der Waals surface area contributed by atoms with E-state index < -0.39 is 12.0 Å². The van der Waals surface area contributed by atoms with E-state index in [1.807, 2.05) is 19.1 Å². The Morgan fingerprint density at radius 2 is 2.29 bits per heavy atom. The number of carbonyl (C=O) groups excluding carboxylic acids is 1. The number of hydrogen-bond acceptors (Lipinski definition) is 2. The van der Waals surface area contributed by atoms with Crippen LogP contribution in [0.1, 0.15) is 5.56 Å². The maximum Gasteiger partial charge on any atom is 0.328 e. The number of amides is 2. The minimum Gasteiger partial charge on any atom is -0.480 e. The third kappa shape index (κ3) is 2.12. The molecule has 1 aliphatic heterocycles. The summed E-state index contributed by atoms with van der Waals surface area (Å²) in [6.45, 7) is 2.04. The molecule has 1 saturated heterocycles. The van der Waals surface area contributed by atoms with Gasteiger partial charge < -0.3 is 10.4 Å². The van der Waals surface area contributed by atoms with Crippen molar-refractivity contribution in [2.45, 2.75) is 13.0 Å². The summed E-state index contributed by atoms with van der Waals surface area (Å²) in [5.74, 6) is -1.02. The predicted octanol–water partition coefficient (Wildman–Crippen LogP) is 1.74. The number of aryl methyl sites for hydroxylation is 1. The number of carbonyl (C=O) groups is 2. The van der Waals surface area contributed by atoms with E-state index in [1.165, 1.54) is 4.90 Å². The molecule has 0 saturated carbocycles. The van der Waals surface area contributed by atoms with Crippen molar-refractivity contribution in [2.24, 2.45) is 0 Å². The summed E-state index contributed by atoms with van der Waals surface area (Å²) < 4.78 is 0.709. The van der Waals surface area contributed by atoms with Crippen LogP contribution < -0.4 is 10.2 Å². The predicted molar refractivity (Wildman–Crippen MR) is 66.2 cm³/mol. The van der Waals surface area contributed by atoms with Gasteiger partial charge in [0.1, 0.15) is 0 Å². The van der Waals surface area contributed by atoms with Crippen molar-refractivity contribution in [1.29, 1.82) is 0 Å². The highest BCUT2D eigenvalue weighted by molar-refractivity contribution is 9.10. The monoisotopic (exact) mass is 298 g/mol. The number of carboxylic acid groups (broad SMARTS) is 1. The molecule has 1 aromatic carbocycles. The molecule has 2 amide bonds. The van der Waals surface area contributed by atoms with E-state index in [4.69, 9.17) is 5.11 Å². The molecule has 0 spiro atoms. The fraction of sp³-hybridized carbons (Fsp3) is 0.273. The second-order valence-corrected chi connectivity index (χ2v) is 4.72. The lowest BCUT2D eigenvalue weighted by atomic mass is 10.2. The lowest BCUT2D eigenvalue weighted by Crippen LogP contribution is -2.39. The first-order valence-corrected chi connectivity index (χ1v) is 5.86. The van der Waals surface area contributed by atoms with Crippen LogP contribution in [0.4, 0.5) is 10.5 Å². The zero-order valence-electron chi connectivity index (χ0n) is 9.11. The van der Waals surface area contributed by atoms with Crippen LogP contribution in [0.5, 0.6) is 0 Å². The van der Waals surface area contributed by atoms with Crippen molar-refractivity contribution < 1.29 is 14.7 Å². The Bertz CT molecular complexity index is 490. The smallest absolute Gasteiger partial charge is 0.328 e. The van der Waals surface area contributed by atoms with E-state index in [9.17, 15) is 9.59 Å². The molecule has 1 heterocycles. The zero-order valence-corrected chi connectivity index (χ0v) is 10.7. The standard InChI is InChI=1S/C11H11BrN2O3/c1-6-2-3-8(7(12)4-6)14-9(10(15)16)5-13-11(14)17/h2-4,9H,5H2,1H3,(H,13,17)(H,15,16). The molecule has 2 N–H and O–H groups in total. The molecule has 0 bridgehead atoms. The molecule has 1 fully saturated rings. The number of nitrogens with zero attached hydrogens (tertiary/aromatic N) is 1. The molecule has 6 heteroatoms. The number of benzene rings is 1. The first-order chi connectivity index (χ1) is 8.00. The molecule has 1 aromatic rings. The van der Waals surface area contributed by atoms with Crippen molar-refractivity contribution in [2.75, 3.05) is 11.4 Å². The van der Waals surface area contributed by atoms with Crippen molar-refractivity contribution in [3.8, 4) is 0 Å². The Morgan fingerprint density at radius 1 is 1.59 bits per heavy atom. The molecule has 0 aromatic heterocycles. The van der Waals surface area contributed by atoms with Gasteiger partial charge in [0.15, 0.2) is 6.04 Å². The Labute approximate surface area is 107 Å². The maximum atomic E-state index is 11.7. The molecule has 1 aliphatic rings. The summed E-state index contributed by atoms with van der Waals surface area (Å²) >= 11 is 3.35. The molecule has 17 heavy (non-hydrogen) atoms. The summed E-state index contributed by atoms with van der Waals surface area (Å²) in [5, 5.41) is 11.6. The summed E-state index contributed by atoms with van der Waals surface area (Å²) in [5.41, 5.74) is 1.60. The summed E-state index contributed by atoms with van der Waals surface area (Å²) in [4.78, 5) is 24.0. The molecule has 2 rings (SSSR count). The van der Waals surface area contributed by atoms with Gasteiger partial charge in [-0.25, -0.2) is 9.59 Å². The average molecular weight is 299 g/mol. The molecular formula is C11H11BrN2O3. The Kier molecular flexibility index (Phi) is 3.06. The maximum absolute atomic E-state index is 11.7. The summed E-state index contributed by atoms with van der Waals surface area (Å²) in [6, 6.07) is 4.17. The molecule has 1 unspecified atom stereocenters. The second kappa shape index (κ2) is 4.37. The number of hydrogen-bond donors (Lipinski definition) is 2. The quantitative estimate of drug-likeness (QED) is 0.874. The second-order valence-electron chi connectivity index (χ2n) is 3.86. The summed E-state index contributed by atoms with van der Waals surface area (Å²) in [7, 11) is 0. The van der Waals surface area contributed by atoms with Gasteiger partial charge in [-0.05, 0) is 40.5 Å². The van der Waals surface area contributed by atoms with Gasteiger partial charge in [-0.1, -0.05) is 6.07 Å². The van der Waals surface area contributed by atoms with Gasteiger partial charge in [-0.2, -0.15) is 0 Å². The van der Waals surface area contributed by atoms with Crippen molar-refractivity contribution >= 4 is 33.6 Å². The lowest BCUT2D eigenvalue weighted by molar-refractivity contribution is -0.137. The number of carboxylic acids is 1. The van der Waals surface area contributed by atoms with Gasteiger partial charge in [-0.3, -0.25) is 4.90 Å². The molecule has 90 valence electrons. The van der Waals surface area contributed by atoms with E-state index in [0.29, 0.717) is 10.2 Å². The number of rotatable bonds is 2. The SMILES string of the molecule is Cc1ccc(N2C(=O)NCC2C(=O)O)c(Br)c1. The van der Waals surface area contributed by atoms with Gasteiger partial charge >= 0.3 is 12.0 Å². The fourth-order valence-corrected chi connectivity index (χ4v) is 2.47. The van der Waals surface area contributed by atoms with Crippen molar-refractivity contribution in [3.05, 3.63) is 28.2 Å². The van der Waals surface area contributed by atoms with E-state index in [-0.39, 0.29) is 12.6 Å². The van der Waals surface area contributed by atoms with Gasteiger partial charge in [0.25, 0.3) is 0 Å². The highest BCUT2D eigenvalue weighted by Gasteiger charge is 2.37. The van der Waals surface area contributed by atoms with Crippen LogP contribution in [-0.4, -0.2) is 29.7 Å². The Balaban J connectivity index is 2.43. The minimum absolute atomic E-state index is 0.120. The molecule has 0 aliphatic carbocycles. The van der Waals surface area contributed by atoms with Crippen LogP contribution in [-0.2, 0) is 4.79 Å². The van der Waals surface area contributed by atoms with E-state index in [2.05, 4.69) is 21.2 Å².